The topological polar surface area (TPSA) is 37.8 Å². The summed E-state index contributed by atoms with van der Waals surface area (Å²) in [4.78, 5) is 8.19. The van der Waals surface area contributed by atoms with Crippen LogP contribution in [0.5, 0.6) is 0 Å². The number of halogens is 1. The Morgan fingerprint density at radius 2 is 1.78 bits per heavy atom. The Bertz CT molecular complexity index is 470. The molecule has 1 aromatic heterocycles. The predicted molar refractivity (Wildman–Crippen MR) is 76.3 cm³/mol. The van der Waals surface area contributed by atoms with Crippen LogP contribution in [0.1, 0.15) is 30.5 Å². The fourth-order valence-corrected chi connectivity index (χ4v) is 2.10. The van der Waals surface area contributed by atoms with Gasteiger partial charge in [0.05, 0.1) is 6.04 Å². The predicted octanol–water partition coefficient (Wildman–Crippen LogP) is 3.33. The first kappa shape index (κ1) is 13.2. The van der Waals surface area contributed by atoms with E-state index < -0.39 is 0 Å². The van der Waals surface area contributed by atoms with Crippen molar-refractivity contribution < 1.29 is 0 Å². The maximum atomic E-state index is 4.10. The normalized spacial score (nSPS) is 12.3. The Morgan fingerprint density at radius 1 is 1.11 bits per heavy atom. The van der Waals surface area contributed by atoms with Gasteiger partial charge in [0.25, 0.3) is 0 Å². The summed E-state index contributed by atoms with van der Waals surface area (Å²) in [6.45, 7) is 3.13. The van der Waals surface area contributed by atoms with Gasteiger partial charge in [0.15, 0.2) is 0 Å². The van der Waals surface area contributed by atoms with E-state index >= 15 is 0 Å². The smallest absolute Gasteiger partial charge is 0.115 e. The zero-order valence-electron chi connectivity index (χ0n) is 10.3. The van der Waals surface area contributed by atoms with Crippen LogP contribution in [0.25, 0.3) is 0 Å². The van der Waals surface area contributed by atoms with E-state index in [0.29, 0.717) is 0 Å². The Hall–Kier alpha value is -1.26. The van der Waals surface area contributed by atoms with Crippen LogP contribution in [0.3, 0.4) is 0 Å². The second kappa shape index (κ2) is 6.61. The zero-order valence-corrected chi connectivity index (χ0v) is 11.9. The monoisotopic (exact) mass is 305 g/mol. The third-order valence-corrected chi connectivity index (χ3v) is 3.24. The molecule has 3 nitrogen and oxygen atoms in total. The molecule has 1 atom stereocenters. The second-order valence-corrected chi connectivity index (χ2v) is 5.03. The third-order valence-electron chi connectivity index (χ3n) is 2.72. The lowest BCUT2D eigenvalue weighted by Crippen LogP contribution is -2.23. The number of rotatable bonds is 5. The summed E-state index contributed by atoms with van der Waals surface area (Å²) >= 11 is 3.46. The van der Waals surface area contributed by atoms with Gasteiger partial charge in [-0.25, -0.2) is 9.97 Å². The van der Waals surface area contributed by atoms with Gasteiger partial charge in [0.1, 0.15) is 6.33 Å². The first-order chi connectivity index (χ1) is 8.81. The summed E-state index contributed by atoms with van der Waals surface area (Å²) in [6, 6.07) is 8.49. The van der Waals surface area contributed by atoms with Crippen molar-refractivity contribution in [3.8, 4) is 0 Å². The van der Waals surface area contributed by atoms with Crippen LogP contribution in [0, 0.1) is 0 Å². The summed E-state index contributed by atoms with van der Waals surface area (Å²) in [5.41, 5.74) is 2.31. The van der Waals surface area contributed by atoms with Crippen molar-refractivity contribution in [3.05, 3.63) is 58.6 Å². The minimum Gasteiger partial charge on any atom is -0.306 e. The molecule has 0 radical (unpaired) electrons. The Labute approximate surface area is 116 Å². The van der Waals surface area contributed by atoms with Crippen molar-refractivity contribution in [2.24, 2.45) is 0 Å². The quantitative estimate of drug-likeness (QED) is 0.921. The van der Waals surface area contributed by atoms with Gasteiger partial charge in [0, 0.05) is 22.4 Å². The van der Waals surface area contributed by atoms with Gasteiger partial charge in [-0.1, -0.05) is 35.0 Å². The first-order valence-electron chi connectivity index (χ1n) is 6.05. The van der Waals surface area contributed by atoms with Gasteiger partial charge in [-0.15, -0.1) is 0 Å². The van der Waals surface area contributed by atoms with Crippen LogP contribution in [-0.2, 0) is 0 Å². The lowest BCUT2D eigenvalue weighted by atomic mass is 10.0. The molecule has 2 rings (SSSR count). The van der Waals surface area contributed by atoms with E-state index in [9.17, 15) is 0 Å². The van der Waals surface area contributed by atoms with Crippen molar-refractivity contribution in [1.82, 2.24) is 15.3 Å². The molecule has 0 aliphatic heterocycles. The summed E-state index contributed by atoms with van der Waals surface area (Å²) in [6.07, 6.45) is 6.38. The molecule has 1 N–H and O–H groups in total. The van der Waals surface area contributed by atoms with Gasteiger partial charge in [-0.05, 0) is 30.7 Å². The molecule has 18 heavy (non-hydrogen) atoms. The molecule has 1 unspecified atom stereocenters. The molecule has 0 saturated heterocycles. The molecule has 4 heteroatoms. The number of nitrogens with zero attached hydrogens (tertiary/aromatic N) is 2. The van der Waals surface area contributed by atoms with Crippen molar-refractivity contribution in [1.29, 1.82) is 0 Å². The zero-order chi connectivity index (χ0) is 12.8. The Morgan fingerprint density at radius 3 is 2.39 bits per heavy atom. The van der Waals surface area contributed by atoms with Crippen molar-refractivity contribution in [2.45, 2.75) is 19.4 Å². The highest BCUT2D eigenvalue weighted by Gasteiger charge is 2.13. The first-order valence-corrected chi connectivity index (χ1v) is 6.84. The van der Waals surface area contributed by atoms with Gasteiger partial charge in [0.2, 0.25) is 0 Å². The van der Waals surface area contributed by atoms with Crippen LogP contribution in [0.15, 0.2) is 47.5 Å². The number of aromatic nitrogens is 2. The molecule has 0 bridgehead atoms. The molecule has 0 amide bonds. The molecule has 0 fully saturated rings. The van der Waals surface area contributed by atoms with Crippen molar-refractivity contribution in [2.75, 3.05) is 6.54 Å². The van der Waals surface area contributed by atoms with E-state index in [1.165, 1.54) is 5.56 Å². The maximum absolute atomic E-state index is 4.10. The van der Waals surface area contributed by atoms with E-state index in [2.05, 4.69) is 62.4 Å². The van der Waals surface area contributed by atoms with Crippen LogP contribution < -0.4 is 5.32 Å². The molecule has 0 aliphatic carbocycles. The molecular formula is C14H16BrN3. The van der Waals surface area contributed by atoms with Gasteiger partial charge in [-0.3, -0.25) is 0 Å². The van der Waals surface area contributed by atoms with E-state index in [-0.39, 0.29) is 6.04 Å². The van der Waals surface area contributed by atoms with Crippen molar-refractivity contribution in [3.63, 3.8) is 0 Å². The molecule has 94 valence electrons. The molecule has 0 saturated carbocycles. The molecule has 1 heterocycles. The number of hydrogen-bond acceptors (Lipinski definition) is 3. The third kappa shape index (κ3) is 3.37. The molecule has 2 aromatic rings. The van der Waals surface area contributed by atoms with E-state index in [1.807, 2.05) is 12.4 Å². The molecule has 0 spiro atoms. The second-order valence-electron chi connectivity index (χ2n) is 4.11. The van der Waals surface area contributed by atoms with Crippen LogP contribution >= 0.6 is 15.9 Å². The minimum atomic E-state index is 0.152. The molecule has 0 aliphatic rings. The van der Waals surface area contributed by atoms with E-state index in [0.717, 1.165) is 23.0 Å². The van der Waals surface area contributed by atoms with Crippen molar-refractivity contribution >= 4 is 15.9 Å². The fourth-order valence-electron chi connectivity index (χ4n) is 1.83. The largest absolute Gasteiger partial charge is 0.306 e. The number of nitrogens with one attached hydrogen (secondary N) is 1. The summed E-state index contributed by atoms with van der Waals surface area (Å²) in [7, 11) is 0. The molecule has 1 aromatic carbocycles. The fraction of sp³-hybridized carbons (Fsp3) is 0.286. The standard InChI is InChI=1S/C14H16BrN3/c1-2-7-18-14(12-8-16-10-17-9-12)11-3-5-13(15)6-4-11/h3-6,8-10,14,18H,2,7H2,1H3. The summed E-state index contributed by atoms with van der Waals surface area (Å²) < 4.78 is 1.09. The lowest BCUT2D eigenvalue weighted by Gasteiger charge is -2.18. The highest BCUT2D eigenvalue weighted by Crippen LogP contribution is 2.22. The van der Waals surface area contributed by atoms with Gasteiger partial charge in [-0.2, -0.15) is 0 Å². The average molecular weight is 306 g/mol. The van der Waals surface area contributed by atoms with Gasteiger partial charge < -0.3 is 5.32 Å². The van der Waals surface area contributed by atoms with Crippen LogP contribution in [0.2, 0.25) is 0 Å². The van der Waals surface area contributed by atoms with E-state index in [4.69, 9.17) is 0 Å². The van der Waals surface area contributed by atoms with Crippen LogP contribution in [-0.4, -0.2) is 16.5 Å². The number of hydrogen-bond donors (Lipinski definition) is 1. The maximum Gasteiger partial charge on any atom is 0.115 e. The van der Waals surface area contributed by atoms with E-state index in [1.54, 1.807) is 6.33 Å². The average Bonchev–Trinajstić information content (AvgIpc) is 2.42. The molecular weight excluding hydrogens is 290 g/mol. The Balaban J connectivity index is 2.27. The minimum absolute atomic E-state index is 0.152. The highest BCUT2D eigenvalue weighted by molar-refractivity contribution is 9.10. The highest BCUT2D eigenvalue weighted by atomic mass is 79.9. The summed E-state index contributed by atoms with van der Waals surface area (Å²) in [5.74, 6) is 0. The summed E-state index contributed by atoms with van der Waals surface area (Å²) in [5, 5.41) is 3.53. The van der Waals surface area contributed by atoms with Gasteiger partial charge >= 0.3 is 0 Å². The lowest BCUT2D eigenvalue weighted by molar-refractivity contribution is 0.595. The Kier molecular flexibility index (Phi) is 4.84. The number of benzene rings is 1. The van der Waals surface area contributed by atoms with Crippen LogP contribution in [0.4, 0.5) is 0 Å². The SMILES string of the molecule is CCCNC(c1ccc(Br)cc1)c1cncnc1.